The minimum Gasteiger partial charge on any atom is -0.460 e. The molecule has 1 atom stereocenters. The van der Waals surface area contributed by atoms with Gasteiger partial charge in [0.15, 0.2) is 0 Å². The van der Waals surface area contributed by atoms with Crippen molar-refractivity contribution in [1.82, 2.24) is 5.32 Å². The van der Waals surface area contributed by atoms with Gasteiger partial charge in [0, 0.05) is 10.7 Å². The predicted octanol–water partition coefficient (Wildman–Crippen LogP) is 3.24. The molecular formula is C19H22ClNO6. The first-order valence-electron chi connectivity index (χ1n) is 8.45. The third-order valence-electron chi connectivity index (χ3n) is 3.88. The Kier molecular flexibility index (Phi) is 7.27. The van der Waals surface area contributed by atoms with Gasteiger partial charge in [-0.1, -0.05) is 23.7 Å². The van der Waals surface area contributed by atoms with E-state index in [-0.39, 0.29) is 31.2 Å². The van der Waals surface area contributed by atoms with Crippen molar-refractivity contribution in [3.63, 3.8) is 0 Å². The Bertz CT molecular complexity index is 786. The highest BCUT2D eigenvalue weighted by atomic mass is 35.5. The largest absolute Gasteiger partial charge is 0.513 e. The van der Waals surface area contributed by atoms with Gasteiger partial charge in [0.2, 0.25) is 0 Å². The number of halogens is 1. The van der Waals surface area contributed by atoms with Gasteiger partial charge >= 0.3 is 12.1 Å². The molecule has 8 heteroatoms. The van der Waals surface area contributed by atoms with Crippen molar-refractivity contribution in [2.75, 3.05) is 19.8 Å². The van der Waals surface area contributed by atoms with Gasteiger partial charge in [-0.15, -0.1) is 0 Å². The van der Waals surface area contributed by atoms with Crippen LogP contribution in [0.1, 0.15) is 32.3 Å². The molecule has 27 heavy (non-hydrogen) atoms. The van der Waals surface area contributed by atoms with E-state index in [1.54, 1.807) is 45.0 Å². The summed E-state index contributed by atoms with van der Waals surface area (Å²) in [5.41, 5.74) is 2.02. The summed E-state index contributed by atoms with van der Waals surface area (Å²) in [6, 6.07) is 6.90. The Morgan fingerprint density at radius 1 is 1.22 bits per heavy atom. The number of aliphatic hydroxyl groups is 1. The SMILES string of the molecule is CCOC(=O)OC1=C(C)NC(C)=C(C(=O)OCCO)C1c1cccc(Cl)c1. The molecular weight excluding hydrogens is 374 g/mol. The van der Waals surface area contributed by atoms with Crippen LogP contribution in [0.4, 0.5) is 4.79 Å². The zero-order chi connectivity index (χ0) is 20.0. The molecule has 1 unspecified atom stereocenters. The van der Waals surface area contributed by atoms with Gasteiger partial charge in [-0.25, -0.2) is 9.59 Å². The van der Waals surface area contributed by atoms with E-state index >= 15 is 0 Å². The summed E-state index contributed by atoms with van der Waals surface area (Å²) in [7, 11) is 0. The quantitative estimate of drug-likeness (QED) is 0.714. The lowest BCUT2D eigenvalue weighted by Gasteiger charge is -2.30. The molecule has 2 rings (SSSR count). The van der Waals surface area contributed by atoms with Crippen LogP contribution < -0.4 is 5.32 Å². The van der Waals surface area contributed by atoms with Crippen molar-refractivity contribution in [1.29, 1.82) is 0 Å². The molecule has 1 aliphatic heterocycles. The molecule has 1 aromatic carbocycles. The number of aliphatic hydroxyl groups excluding tert-OH is 1. The summed E-state index contributed by atoms with van der Waals surface area (Å²) in [6.07, 6.45) is -0.872. The van der Waals surface area contributed by atoms with Crippen LogP contribution in [0.25, 0.3) is 0 Å². The molecule has 0 saturated heterocycles. The molecule has 7 nitrogen and oxygen atoms in total. The fraction of sp³-hybridized carbons (Fsp3) is 0.368. The monoisotopic (exact) mass is 395 g/mol. The van der Waals surface area contributed by atoms with E-state index in [0.29, 0.717) is 22.0 Å². The molecule has 0 aromatic heterocycles. The molecule has 2 N–H and O–H groups in total. The Balaban J connectivity index is 2.52. The summed E-state index contributed by atoms with van der Waals surface area (Å²) in [5, 5.41) is 12.5. The number of hydrogen-bond donors (Lipinski definition) is 2. The molecule has 0 bridgehead atoms. The van der Waals surface area contributed by atoms with Crippen molar-refractivity contribution in [2.24, 2.45) is 0 Å². The Labute approximate surface area is 162 Å². The van der Waals surface area contributed by atoms with Gasteiger partial charge in [0.25, 0.3) is 0 Å². The molecule has 1 aromatic rings. The molecule has 0 saturated carbocycles. The highest BCUT2D eigenvalue weighted by Crippen LogP contribution is 2.40. The van der Waals surface area contributed by atoms with Crippen LogP contribution in [0.15, 0.2) is 47.0 Å². The molecule has 146 valence electrons. The molecule has 0 spiro atoms. The number of benzene rings is 1. The smallest absolute Gasteiger partial charge is 0.460 e. The van der Waals surface area contributed by atoms with E-state index < -0.39 is 18.0 Å². The summed E-state index contributed by atoms with van der Waals surface area (Å²) in [5.74, 6) is -1.13. The fourth-order valence-electron chi connectivity index (χ4n) is 2.84. The van der Waals surface area contributed by atoms with Crippen molar-refractivity contribution >= 4 is 23.7 Å². The van der Waals surface area contributed by atoms with Crippen molar-refractivity contribution in [2.45, 2.75) is 26.7 Å². The van der Waals surface area contributed by atoms with E-state index in [0.717, 1.165) is 0 Å². The number of dihydropyridines is 1. The lowest BCUT2D eigenvalue weighted by Crippen LogP contribution is -2.31. The maximum Gasteiger partial charge on any atom is 0.513 e. The maximum atomic E-state index is 12.6. The van der Waals surface area contributed by atoms with E-state index in [2.05, 4.69) is 5.32 Å². The number of carbonyl (C=O) groups is 2. The summed E-state index contributed by atoms with van der Waals surface area (Å²) < 4.78 is 15.4. The Morgan fingerprint density at radius 2 is 1.96 bits per heavy atom. The van der Waals surface area contributed by atoms with Crippen LogP contribution in [0.2, 0.25) is 5.02 Å². The van der Waals surface area contributed by atoms with Crippen LogP contribution in [-0.4, -0.2) is 37.1 Å². The fourth-order valence-corrected chi connectivity index (χ4v) is 3.04. The average molecular weight is 396 g/mol. The van der Waals surface area contributed by atoms with Crippen molar-refractivity contribution in [3.8, 4) is 0 Å². The normalized spacial score (nSPS) is 16.7. The first-order valence-corrected chi connectivity index (χ1v) is 8.83. The van der Waals surface area contributed by atoms with Gasteiger partial charge in [-0.3, -0.25) is 0 Å². The lowest BCUT2D eigenvalue weighted by atomic mass is 9.85. The molecule has 0 fully saturated rings. The van der Waals surface area contributed by atoms with Gasteiger partial charge in [0.05, 0.1) is 30.4 Å². The number of nitrogens with one attached hydrogen (secondary N) is 1. The van der Waals surface area contributed by atoms with E-state index in [1.165, 1.54) is 0 Å². The molecule has 1 aliphatic rings. The number of allylic oxidation sites excluding steroid dienone is 3. The minimum atomic E-state index is -0.872. The van der Waals surface area contributed by atoms with Crippen LogP contribution >= 0.6 is 11.6 Å². The van der Waals surface area contributed by atoms with Gasteiger partial charge < -0.3 is 24.6 Å². The summed E-state index contributed by atoms with van der Waals surface area (Å²) in [6.45, 7) is 4.82. The van der Waals surface area contributed by atoms with Crippen molar-refractivity contribution in [3.05, 3.63) is 57.6 Å². The van der Waals surface area contributed by atoms with Crippen LogP contribution in [0.3, 0.4) is 0 Å². The second kappa shape index (κ2) is 9.43. The zero-order valence-electron chi connectivity index (χ0n) is 15.4. The summed E-state index contributed by atoms with van der Waals surface area (Å²) in [4.78, 5) is 24.6. The highest BCUT2D eigenvalue weighted by molar-refractivity contribution is 6.30. The van der Waals surface area contributed by atoms with Crippen LogP contribution in [-0.2, 0) is 19.0 Å². The average Bonchev–Trinajstić information content (AvgIpc) is 2.61. The minimum absolute atomic E-state index is 0.144. The number of esters is 1. The molecule has 0 aliphatic carbocycles. The zero-order valence-corrected chi connectivity index (χ0v) is 16.1. The second-order valence-corrected chi connectivity index (χ2v) is 6.22. The Hall–Kier alpha value is -2.51. The first-order chi connectivity index (χ1) is 12.9. The van der Waals surface area contributed by atoms with Crippen LogP contribution in [0, 0.1) is 0 Å². The van der Waals surface area contributed by atoms with Gasteiger partial charge in [-0.2, -0.15) is 0 Å². The van der Waals surface area contributed by atoms with Gasteiger partial charge in [-0.05, 0) is 38.5 Å². The third-order valence-corrected chi connectivity index (χ3v) is 4.12. The van der Waals surface area contributed by atoms with Gasteiger partial charge in [0.1, 0.15) is 12.4 Å². The number of hydrogen-bond acceptors (Lipinski definition) is 7. The number of rotatable bonds is 6. The first kappa shape index (κ1) is 20.8. The Morgan fingerprint density at radius 3 is 2.59 bits per heavy atom. The maximum absolute atomic E-state index is 12.6. The van der Waals surface area contributed by atoms with Crippen LogP contribution in [0.5, 0.6) is 0 Å². The lowest BCUT2D eigenvalue weighted by molar-refractivity contribution is -0.140. The van der Waals surface area contributed by atoms with Crippen molar-refractivity contribution < 1.29 is 28.9 Å². The van der Waals surface area contributed by atoms with E-state index in [1.807, 2.05) is 0 Å². The molecule has 0 radical (unpaired) electrons. The highest BCUT2D eigenvalue weighted by Gasteiger charge is 2.36. The predicted molar refractivity (Wildman–Crippen MR) is 98.9 cm³/mol. The molecule has 0 amide bonds. The third kappa shape index (κ3) is 5.02. The second-order valence-electron chi connectivity index (χ2n) is 5.79. The molecule has 1 heterocycles. The standard InChI is InChI=1S/C19H22ClNO6/c1-4-25-19(24)27-17-12(3)21-11(2)15(18(23)26-9-8-22)16(17)13-6-5-7-14(20)10-13/h5-7,10,16,21-22H,4,8-9H2,1-3H3. The number of carbonyl (C=O) groups excluding carboxylic acids is 2. The van der Waals surface area contributed by atoms with E-state index in [4.69, 9.17) is 30.9 Å². The summed E-state index contributed by atoms with van der Waals surface area (Å²) >= 11 is 6.12. The van der Waals surface area contributed by atoms with E-state index in [9.17, 15) is 9.59 Å². The topological polar surface area (TPSA) is 94.1 Å². The number of ether oxygens (including phenoxy) is 3.